The highest BCUT2D eigenvalue weighted by molar-refractivity contribution is 5.91. The summed E-state index contributed by atoms with van der Waals surface area (Å²) in [5, 5.41) is 6.59. The lowest BCUT2D eigenvalue weighted by Crippen LogP contribution is -2.00. The Kier molecular flexibility index (Phi) is 3.87. The Balaban J connectivity index is 3.97. The van der Waals surface area contributed by atoms with E-state index in [1.165, 1.54) is 19.3 Å². The van der Waals surface area contributed by atoms with Gasteiger partial charge in [0.25, 0.3) is 0 Å². The lowest BCUT2D eigenvalue weighted by molar-refractivity contribution is -0.135. The summed E-state index contributed by atoms with van der Waals surface area (Å²) in [5.41, 5.74) is 0.242. The zero-order valence-corrected chi connectivity index (χ0v) is 5.76. The quantitative estimate of drug-likeness (QED) is 0.273. The molecule has 0 saturated heterocycles. The van der Waals surface area contributed by atoms with Crippen molar-refractivity contribution >= 4 is 12.2 Å². The summed E-state index contributed by atoms with van der Waals surface area (Å²) in [5.74, 6) is -0.474. The van der Waals surface area contributed by atoms with Crippen molar-refractivity contribution in [1.29, 1.82) is 5.41 Å². The number of hydrogen-bond donors (Lipinski definition) is 1. The van der Waals surface area contributed by atoms with Gasteiger partial charge < -0.3 is 10.1 Å². The predicted octanol–water partition coefficient (Wildman–Crippen LogP) is 0.921. The van der Waals surface area contributed by atoms with Crippen molar-refractivity contribution in [2.45, 2.75) is 0 Å². The van der Waals surface area contributed by atoms with Gasteiger partial charge in [-0.15, -0.1) is 0 Å². The van der Waals surface area contributed by atoms with Gasteiger partial charge in [0.05, 0.1) is 12.7 Å². The first-order valence-corrected chi connectivity index (χ1v) is 2.66. The van der Waals surface area contributed by atoms with Crippen LogP contribution in [0.5, 0.6) is 0 Å². The Hall–Kier alpha value is -1.38. The second kappa shape index (κ2) is 4.49. The highest BCUT2D eigenvalue weighted by Crippen LogP contribution is 1.93. The first-order valence-electron chi connectivity index (χ1n) is 2.66. The molecule has 1 N–H and O–H groups in total. The van der Waals surface area contributed by atoms with Gasteiger partial charge in [-0.1, -0.05) is 6.58 Å². The van der Waals surface area contributed by atoms with Gasteiger partial charge in [-0.3, -0.25) is 0 Å². The van der Waals surface area contributed by atoms with E-state index in [9.17, 15) is 4.79 Å². The molecular weight excluding hydrogens is 130 g/mol. The van der Waals surface area contributed by atoms with Crippen LogP contribution in [0.1, 0.15) is 0 Å². The van der Waals surface area contributed by atoms with E-state index in [4.69, 9.17) is 5.41 Å². The molecule has 3 heteroatoms. The van der Waals surface area contributed by atoms with Crippen LogP contribution in [0.15, 0.2) is 24.3 Å². The van der Waals surface area contributed by atoms with E-state index in [1.54, 1.807) is 0 Å². The molecule has 0 bridgehead atoms. The number of allylic oxidation sites excluding steroid dienone is 1. The largest absolute Gasteiger partial charge is 0.465 e. The normalized spacial score (nSPS) is 9.30. The van der Waals surface area contributed by atoms with E-state index in [1.807, 2.05) is 0 Å². The summed E-state index contributed by atoms with van der Waals surface area (Å²) in [6.07, 6.45) is 3.88. The van der Waals surface area contributed by atoms with Gasteiger partial charge in [0.15, 0.2) is 0 Å². The van der Waals surface area contributed by atoms with Crippen LogP contribution in [-0.2, 0) is 9.53 Å². The van der Waals surface area contributed by atoms with Gasteiger partial charge in [-0.2, -0.15) is 0 Å². The highest BCUT2D eigenvalue weighted by Gasteiger charge is 1.99. The van der Waals surface area contributed by atoms with Crippen molar-refractivity contribution in [3.05, 3.63) is 24.3 Å². The van der Waals surface area contributed by atoms with Crippen LogP contribution in [0.4, 0.5) is 0 Å². The van der Waals surface area contributed by atoms with Crippen molar-refractivity contribution in [3.8, 4) is 0 Å². The summed E-state index contributed by atoms with van der Waals surface area (Å²) in [6, 6.07) is 0. The average molecular weight is 139 g/mol. The molecular formula is C7H9NO2. The second-order valence-electron chi connectivity index (χ2n) is 1.54. The first kappa shape index (κ1) is 8.62. The summed E-state index contributed by atoms with van der Waals surface area (Å²) in [4.78, 5) is 10.6. The molecule has 3 nitrogen and oxygen atoms in total. The fourth-order valence-corrected chi connectivity index (χ4v) is 0.363. The summed E-state index contributed by atoms with van der Waals surface area (Å²) >= 11 is 0. The molecule has 0 rings (SSSR count). The smallest absolute Gasteiger partial charge is 0.337 e. The molecule has 0 aromatic rings. The van der Waals surface area contributed by atoms with Crippen LogP contribution in [0.25, 0.3) is 0 Å². The van der Waals surface area contributed by atoms with Gasteiger partial charge in [0.1, 0.15) is 0 Å². The van der Waals surface area contributed by atoms with E-state index < -0.39 is 5.97 Å². The maximum atomic E-state index is 10.6. The Labute approximate surface area is 59.5 Å². The number of carbonyl (C=O) groups excluding carboxylic acids is 1. The van der Waals surface area contributed by atoms with E-state index in [-0.39, 0.29) is 5.57 Å². The van der Waals surface area contributed by atoms with E-state index in [2.05, 4.69) is 11.3 Å². The number of hydrogen-bond acceptors (Lipinski definition) is 3. The zero-order valence-electron chi connectivity index (χ0n) is 5.76. The van der Waals surface area contributed by atoms with Crippen molar-refractivity contribution in [3.63, 3.8) is 0 Å². The molecule has 0 aromatic heterocycles. The molecule has 0 spiro atoms. The number of methoxy groups -OCH3 is 1. The number of rotatable bonds is 3. The summed E-state index contributed by atoms with van der Waals surface area (Å²) in [7, 11) is 1.28. The topological polar surface area (TPSA) is 50.2 Å². The number of nitrogens with one attached hydrogen (secondary N) is 1. The minimum Gasteiger partial charge on any atom is -0.465 e. The van der Waals surface area contributed by atoms with Crippen LogP contribution >= 0.6 is 0 Å². The maximum Gasteiger partial charge on any atom is 0.337 e. The highest BCUT2D eigenvalue weighted by atomic mass is 16.5. The van der Waals surface area contributed by atoms with Gasteiger partial charge in [-0.25, -0.2) is 4.79 Å². The van der Waals surface area contributed by atoms with Crippen LogP contribution < -0.4 is 0 Å². The molecule has 0 aliphatic heterocycles. The van der Waals surface area contributed by atoms with Crippen molar-refractivity contribution in [2.75, 3.05) is 7.11 Å². The Bertz CT molecular complexity index is 182. The maximum absolute atomic E-state index is 10.6. The predicted molar refractivity (Wildman–Crippen MR) is 39.1 cm³/mol. The SMILES string of the molecule is C=C(/C=C\C=N)C(=O)OC. The zero-order chi connectivity index (χ0) is 7.98. The van der Waals surface area contributed by atoms with Crippen LogP contribution in [0.3, 0.4) is 0 Å². The molecule has 54 valence electrons. The van der Waals surface area contributed by atoms with E-state index in [0.717, 1.165) is 6.21 Å². The Morgan fingerprint density at radius 3 is 2.70 bits per heavy atom. The van der Waals surface area contributed by atoms with Gasteiger partial charge in [0.2, 0.25) is 0 Å². The lowest BCUT2D eigenvalue weighted by atomic mass is 10.3. The molecule has 0 heterocycles. The summed E-state index contributed by atoms with van der Waals surface area (Å²) in [6.45, 7) is 3.40. The molecule has 0 aliphatic carbocycles. The Morgan fingerprint density at radius 1 is 1.70 bits per heavy atom. The molecule has 0 aliphatic rings. The molecule has 0 unspecified atom stereocenters. The average Bonchev–Trinajstić information content (AvgIpc) is 1.98. The first-order chi connectivity index (χ1) is 4.72. The fourth-order valence-electron chi connectivity index (χ4n) is 0.363. The van der Waals surface area contributed by atoms with Crippen LogP contribution in [0.2, 0.25) is 0 Å². The van der Waals surface area contributed by atoms with Gasteiger partial charge in [-0.05, 0) is 12.2 Å². The molecule has 0 fully saturated rings. The number of carbonyl (C=O) groups is 1. The Morgan fingerprint density at radius 2 is 2.30 bits per heavy atom. The third-order valence-electron chi connectivity index (χ3n) is 0.841. The molecule has 10 heavy (non-hydrogen) atoms. The lowest BCUT2D eigenvalue weighted by Gasteiger charge is -1.93. The van der Waals surface area contributed by atoms with Crippen LogP contribution in [0, 0.1) is 5.41 Å². The van der Waals surface area contributed by atoms with Crippen molar-refractivity contribution in [2.24, 2.45) is 0 Å². The monoisotopic (exact) mass is 139 g/mol. The molecule has 0 aromatic carbocycles. The third kappa shape index (κ3) is 2.81. The van der Waals surface area contributed by atoms with Crippen molar-refractivity contribution in [1.82, 2.24) is 0 Å². The number of esters is 1. The molecule has 0 atom stereocenters. The minimum absolute atomic E-state index is 0.242. The third-order valence-corrected chi connectivity index (χ3v) is 0.841. The molecule has 0 amide bonds. The van der Waals surface area contributed by atoms with Gasteiger partial charge >= 0.3 is 5.97 Å². The molecule has 0 saturated carbocycles. The standard InChI is InChI=1S/C7H9NO2/c1-6(4-3-5-8)7(9)10-2/h3-5,8H,1H2,2H3/b4-3-,8-5?. The van der Waals surface area contributed by atoms with E-state index >= 15 is 0 Å². The molecule has 0 radical (unpaired) electrons. The minimum atomic E-state index is -0.474. The van der Waals surface area contributed by atoms with Gasteiger partial charge in [0, 0.05) is 6.21 Å². The van der Waals surface area contributed by atoms with Crippen LogP contribution in [-0.4, -0.2) is 19.3 Å². The van der Waals surface area contributed by atoms with Crippen molar-refractivity contribution < 1.29 is 9.53 Å². The van der Waals surface area contributed by atoms with E-state index in [0.29, 0.717) is 0 Å². The second-order valence-corrected chi connectivity index (χ2v) is 1.54. The fraction of sp³-hybridized carbons (Fsp3) is 0.143. The number of ether oxygens (including phenoxy) is 1. The summed E-state index contributed by atoms with van der Waals surface area (Å²) < 4.78 is 4.34.